The lowest BCUT2D eigenvalue weighted by Gasteiger charge is -2.24. The Morgan fingerprint density at radius 3 is 2.84 bits per heavy atom. The summed E-state index contributed by atoms with van der Waals surface area (Å²) in [6.45, 7) is 1.33. The summed E-state index contributed by atoms with van der Waals surface area (Å²) >= 11 is 0. The molecule has 1 heterocycles. The molecule has 0 bridgehead atoms. The summed E-state index contributed by atoms with van der Waals surface area (Å²) in [5, 5.41) is 5.69. The fourth-order valence-corrected chi connectivity index (χ4v) is 2.38. The van der Waals surface area contributed by atoms with Crippen molar-refractivity contribution in [2.24, 2.45) is 5.92 Å². The van der Waals surface area contributed by atoms with Crippen molar-refractivity contribution < 1.29 is 9.59 Å². The van der Waals surface area contributed by atoms with E-state index in [1.165, 1.54) is 0 Å². The first-order chi connectivity index (χ1) is 9.24. The van der Waals surface area contributed by atoms with Crippen molar-refractivity contribution in [2.45, 2.75) is 19.3 Å². The Morgan fingerprint density at radius 1 is 1.37 bits per heavy atom. The lowest BCUT2D eigenvalue weighted by molar-refractivity contribution is -0.122. The monoisotopic (exact) mass is 259 g/mol. The maximum atomic E-state index is 11.9. The number of carbonyl (C=O) groups excluding carboxylic acids is 2. The Kier molecular flexibility index (Phi) is 3.11. The maximum Gasteiger partial charge on any atom is 0.321 e. The Bertz CT molecular complexity index is 511. The highest BCUT2D eigenvalue weighted by Crippen LogP contribution is 2.28. The number of hydrogen-bond acceptors (Lipinski definition) is 2. The van der Waals surface area contributed by atoms with Crippen LogP contribution in [0.2, 0.25) is 0 Å². The van der Waals surface area contributed by atoms with Crippen LogP contribution in [-0.4, -0.2) is 25.0 Å². The van der Waals surface area contributed by atoms with Gasteiger partial charge in [0.2, 0.25) is 5.91 Å². The number of benzene rings is 1. The third-order valence-corrected chi connectivity index (χ3v) is 3.76. The zero-order chi connectivity index (χ0) is 13.2. The van der Waals surface area contributed by atoms with E-state index < -0.39 is 0 Å². The van der Waals surface area contributed by atoms with E-state index in [4.69, 9.17) is 0 Å². The standard InChI is InChI=1S/C14H17N3O2/c18-13(10-3-1-4-10)16-11-5-2-6-12(9-11)17-8-7-15-14(17)19/h2,5-6,9-10H,1,3-4,7-8H2,(H,15,19)(H,16,18). The largest absolute Gasteiger partial charge is 0.336 e. The minimum absolute atomic E-state index is 0.0810. The van der Waals surface area contributed by atoms with Crippen LogP contribution >= 0.6 is 0 Å². The van der Waals surface area contributed by atoms with E-state index >= 15 is 0 Å². The summed E-state index contributed by atoms with van der Waals surface area (Å²) in [6, 6.07) is 7.36. The summed E-state index contributed by atoms with van der Waals surface area (Å²) in [5.41, 5.74) is 1.58. The van der Waals surface area contributed by atoms with Crippen molar-refractivity contribution in [1.82, 2.24) is 5.32 Å². The molecule has 0 aromatic heterocycles. The fraction of sp³-hybridized carbons (Fsp3) is 0.429. The van der Waals surface area contributed by atoms with Gasteiger partial charge in [-0.3, -0.25) is 9.69 Å². The zero-order valence-corrected chi connectivity index (χ0v) is 10.7. The summed E-state index contributed by atoms with van der Waals surface area (Å²) in [6.07, 6.45) is 3.12. The number of hydrogen-bond donors (Lipinski definition) is 2. The van der Waals surface area contributed by atoms with Gasteiger partial charge in [-0.1, -0.05) is 12.5 Å². The van der Waals surface area contributed by atoms with Gasteiger partial charge in [0.15, 0.2) is 0 Å². The van der Waals surface area contributed by atoms with Gasteiger partial charge in [0.1, 0.15) is 0 Å². The van der Waals surface area contributed by atoms with Crippen LogP contribution in [0.25, 0.3) is 0 Å². The normalized spacial score (nSPS) is 18.9. The molecule has 19 heavy (non-hydrogen) atoms. The Morgan fingerprint density at radius 2 is 2.21 bits per heavy atom. The number of amides is 3. The number of urea groups is 1. The highest BCUT2D eigenvalue weighted by atomic mass is 16.2. The van der Waals surface area contributed by atoms with Crippen LogP contribution in [0, 0.1) is 5.92 Å². The van der Waals surface area contributed by atoms with E-state index in [2.05, 4.69) is 10.6 Å². The van der Waals surface area contributed by atoms with Crippen LogP contribution in [0.3, 0.4) is 0 Å². The molecule has 2 fully saturated rings. The number of nitrogens with zero attached hydrogens (tertiary/aromatic N) is 1. The second kappa shape index (κ2) is 4.91. The second-order valence-electron chi connectivity index (χ2n) is 5.05. The van der Waals surface area contributed by atoms with Crippen LogP contribution in [0.5, 0.6) is 0 Å². The molecule has 1 saturated carbocycles. The average Bonchev–Trinajstić information content (AvgIpc) is 2.73. The smallest absolute Gasteiger partial charge is 0.321 e. The minimum Gasteiger partial charge on any atom is -0.336 e. The van der Waals surface area contributed by atoms with Crippen LogP contribution in [0.15, 0.2) is 24.3 Å². The summed E-state index contributed by atoms with van der Waals surface area (Å²) in [5.74, 6) is 0.257. The van der Waals surface area contributed by atoms with Gasteiger partial charge in [-0.15, -0.1) is 0 Å². The predicted octanol–water partition coefficient (Wildman–Crippen LogP) is 1.95. The van der Waals surface area contributed by atoms with Gasteiger partial charge in [-0.2, -0.15) is 0 Å². The minimum atomic E-state index is -0.0810. The second-order valence-corrected chi connectivity index (χ2v) is 5.05. The van der Waals surface area contributed by atoms with Crippen molar-refractivity contribution in [1.29, 1.82) is 0 Å². The number of rotatable bonds is 3. The van der Waals surface area contributed by atoms with Gasteiger partial charge >= 0.3 is 6.03 Å². The van der Waals surface area contributed by atoms with Crippen molar-refractivity contribution >= 4 is 23.3 Å². The molecule has 5 heteroatoms. The Hall–Kier alpha value is -2.04. The van der Waals surface area contributed by atoms with Crippen LogP contribution in [0.1, 0.15) is 19.3 Å². The molecule has 0 radical (unpaired) electrons. The molecule has 1 aromatic carbocycles. The number of carbonyl (C=O) groups is 2. The molecule has 1 saturated heterocycles. The van der Waals surface area contributed by atoms with Crippen molar-refractivity contribution in [3.63, 3.8) is 0 Å². The first-order valence-electron chi connectivity index (χ1n) is 6.70. The molecule has 1 aromatic rings. The SMILES string of the molecule is O=C(Nc1cccc(N2CCNC2=O)c1)C1CCC1. The lowest BCUT2D eigenvalue weighted by Crippen LogP contribution is -2.29. The number of anilines is 2. The van der Waals surface area contributed by atoms with Gasteiger partial charge in [0.25, 0.3) is 0 Å². The van der Waals surface area contributed by atoms with Gasteiger partial charge in [0.05, 0.1) is 0 Å². The highest BCUT2D eigenvalue weighted by Gasteiger charge is 2.25. The molecule has 5 nitrogen and oxygen atoms in total. The molecule has 2 N–H and O–H groups in total. The maximum absolute atomic E-state index is 11.9. The fourth-order valence-electron chi connectivity index (χ4n) is 2.38. The summed E-state index contributed by atoms with van der Waals surface area (Å²) in [7, 11) is 0. The zero-order valence-electron chi connectivity index (χ0n) is 10.7. The quantitative estimate of drug-likeness (QED) is 0.871. The molecule has 1 aliphatic carbocycles. The summed E-state index contributed by atoms with van der Waals surface area (Å²) < 4.78 is 0. The van der Waals surface area contributed by atoms with Crippen molar-refractivity contribution in [3.8, 4) is 0 Å². The van der Waals surface area contributed by atoms with Crippen molar-refractivity contribution in [3.05, 3.63) is 24.3 Å². The molecule has 3 amide bonds. The van der Waals surface area contributed by atoms with E-state index in [1.54, 1.807) is 4.90 Å². The first kappa shape index (κ1) is 12.0. The lowest BCUT2D eigenvalue weighted by atomic mass is 9.85. The van der Waals surface area contributed by atoms with E-state index in [0.717, 1.165) is 30.6 Å². The summed E-state index contributed by atoms with van der Waals surface area (Å²) in [4.78, 5) is 25.2. The molecule has 2 aliphatic rings. The average molecular weight is 259 g/mol. The van der Waals surface area contributed by atoms with Gasteiger partial charge in [-0.25, -0.2) is 4.79 Å². The van der Waals surface area contributed by atoms with E-state index in [1.807, 2.05) is 24.3 Å². The number of nitrogens with one attached hydrogen (secondary N) is 2. The molecular formula is C14H17N3O2. The van der Waals surface area contributed by atoms with E-state index in [0.29, 0.717) is 13.1 Å². The molecular weight excluding hydrogens is 242 g/mol. The molecule has 0 spiro atoms. The van der Waals surface area contributed by atoms with Crippen LogP contribution in [0.4, 0.5) is 16.2 Å². The Balaban J connectivity index is 1.72. The van der Waals surface area contributed by atoms with Crippen LogP contribution < -0.4 is 15.5 Å². The van der Waals surface area contributed by atoms with Crippen LogP contribution in [-0.2, 0) is 4.79 Å². The molecule has 0 atom stereocenters. The highest BCUT2D eigenvalue weighted by molar-refractivity contribution is 5.96. The molecule has 0 unspecified atom stereocenters. The van der Waals surface area contributed by atoms with Gasteiger partial charge in [0, 0.05) is 30.4 Å². The van der Waals surface area contributed by atoms with E-state index in [-0.39, 0.29) is 17.9 Å². The molecule has 3 rings (SSSR count). The van der Waals surface area contributed by atoms with E-state index in [9.17, 15) is 9.59 Å². The third kappa shape index (κ3) is 2.41. The van der Waals surface area contributed by atoms with Crippen molar-refractivity contribution in [2.75, 3.05) is 23.3 Å². The molecule has 100 valence electrons. The van der Waals surface area contributed by atoms with Gasteiger partial charge < -0.3 is 10.6 Å². The third-order valence-electron chi connectivity index (χ3n) is 3.76. The Labute approximate surface area is 112 Å². The van der Waals surface area contributed by atoms with Gasteiger partial charge in [-0.05, 0) is 31.0 Å². The predicted molar refractivity (Wildman–Crippen MR) is 73.2 cm³/mol. The first-order valence-corrected chi connectivity index (χ1v) is 6.70. The molecule has 1 aliphatic heterocycles. The topological polar surface area (TPSA) is 61.4 Å².